The lowest BCUT2D eigenvalue weighted by Gasteiger charge is -2.31. The van der Waals surface area contributed by atoms with E-state index in [-0.39, 0.29) is 12.1 Å². The molecule has 1 N–H and O–H groups in total. The van der Waals surface area contributed by atoms with Gasteiger partial charge in [0.15, 0.2) is 0 Å². The molecule has 1 fully saturated rings. The molecule has 1 amide bonds. The molecule has 3 nitrogen and oxygen atoms in total. The molecule has 0 aromatic heterocycles. The smallest absolute Gasteiger partial charge is 0.407 e. The van der Waals surface area contributed by atoms with E-state index in [4.69, 9.17) is 4.74 Å². The first-order valence-electron chi connectivity index (χ1n) is 7.69. The zero-order valence-electron chi connectivity index (χ0n) is 13.2. The third-order valence-corrected chi connectivity index (χ3v) is 3.58. The fraction of sp³-hybridized carbons (Fsp3) is 0.706. The molecule has 1 aliphatic rings. The third kappa shape index (κ3) is 6.78. The van der Waals surface area contributed by atoms with Crippen LogP contribution in [0.25, 0.3) is 0 Å². The lowest BCUT2D eigenvalue weighted by atomic mass is 9.82. The van der Waals surface area contributed by atoms with Crippen molar-refractivity contribution in [2.45, 2.75) is 70.9 Å². The molecule has 3 heteroatoms. The Morgan fingerprint density at radius 1 is 1.35 bits per heavy atom. The molecular formula is C17H29NO2. The van der Waals surface area contributed by atoms with E-state index < -0.39 is 5.60 Å². The summed E-state index contributed by atoms with van der Waals surface area (Å²) in [6.45, 7) is 9.35. The van der Waals surface area contributed by atoms with E-state index in [1.807, 2.05) is 26.8 Å². The van der Waals surface area contributed by atoms with Gasteiger partial charge in [-0.15, -0.1) is 0 Å². The molecule has 0 saturated heterocycles. The van der Waals surface area contributed by atoms with Crippen LogP contribution in [-0.4, -0.2) is 17.7 Å². The Bertz CT molecular complexity index is 335. The minimum absolute atomic E-state index is 0.168. The zero-order valence-corrected chi connectivity index (χ0v) is 13.2. The van der Waals surface area contributed by atoms with Gasteiger partial charge in [0.2, 0.25) is 0 Å². The van der Waals surface area contributed by atoms with Crippen LogP contribution in [0.5, 0.6) is 0 Å². The van der Waals surface area contributed by atoms with Gasteiger partial charge in [-0.05, 0) is 46.0 Å². The molecule has 1 rings (SSSR count). The van der Waals surface area contributed by atoms with Crippen molar-refractivity contribution in [2.24, 2.45) is 5.92 Å². The van der Waals surface area contributed by atoms with Gasteiger partial charge in [0.05, 0.1) is 0 Å². The number of hydrogen-bond donors (Lipinski definition) is 1. The van der Waals surface area contributed by atoms with E-state index in [9.17, 15) is 4.79 Å². The summed E-state index contributed by atoms with van der Waals surface area (Å²) in [5.41, 5.74) is -0.446. The average molecular weight is 279 g/mol. The minimum Gasteiger partial charge on any atom is -0.444 e. The second-order valence-corrected chi connectivity index (χ2v) is 6.55. The summed E-state index contributed by atoms with van der Waals surface area (Å²) in [6.07, 6.45) is 12.6. The summed E-state index contributed by atoms with van der Waals surface area (Å²) in [5.74, 6) is 0.561. The van der Waals surface area contributed by atoms with Crippen LogP contribution >= 0.6 is 0 Å². The van der Waals surface area contributed by atoms with Crippen LogP contribution < -0.4 is 5.32 Å². The highest BCUT2D eigenvalue weighted by molar-refractivity contribution is 5.68. The Morgan fingerprint density at radius 3 is 2.55 bits per heavy atom. The van der Waals surface area contributed by atoms with Crippen LogP contribution in [-0.2, 0) is 4.74 Å². The Kier molecular flexibility index (Phi) is 6.83. The van der Waals surface area contributed by atoms with Gasteiger partial charge >= 0.3 is 6.09 Å². The Labute approximate surface area is 123 Å². The molecule has 0 aromatic rings. The predicted octanol–water partition coefficient (Wildman–Crippen LogP) is 4.59. The second-order valence-electron chi connectivity index (χ2n) is 6.55. The monoisotopic (exact) mass is 279 g/mol. The standard InChI is InChI=1S/C17H29NO2/c1-5-6-8-13-15(14-11-9-7-10-12-14)18-16(19)20-17(2,3)4/h5-6,8,14-15H,1,7,9-13H2,2-4H3,(H,18,19)/b8-6+. The van der Waals surface area contributed by atoms with E-state index in [0.717, 1.165) is 6.42 Å². The van der Waals surface area contributed by atoms with Crippen LogP contribution in [0.15, 0.2) is 24.8 Å². The van der Waals surface area contributed by atoms with Crippen molar-refractivity contribution in [3.8, 4) is 0 Å². The number of rotatable bonds is 5. The lowest BCUT2D eigenvalue weighted by molar-refractivity contribution is 0.0478. The SMILES string of the molecule is C=C/C=C/CC(NC(=O)OC(C)(C)C)C1CCCCC1. The zero-order chi connectivity index (χ0) is 15.0. The van der Waals surface area contributed by atoms with E-state index in [2.05, 4.69) is 18.0 Å². The average Bonchev–Trinajstić information content (AvgIpc) is 2.37. The van der Waals surface area contributed by atoms with Gasteiger partial charge in [-0.3, -0.25) is 0 Å². The predicted molar refractivity (Wildman–Crippen MR) is 83.7 cm³/mol. The van der Waals surface area contributed by atoms with Gasteiger partial charge < -0.3 is 10.1 Å². The summed E-state index contributed by atoms with van der Waals surface area (Å²) < 4.78 is 5.37. The third-order valence-electron chi connectivity index (χ3n) is 3.58. The van der Waals surface area contributed by atoms with Gasteiger partial charge in [0, 0.05) is 6.04 Å². The summed E-state index contributed by atoms with van der Waals surface area (Å²) in [7, 11) is 0. The highest BCUT2D eigenvalue weighted by Crippen LogP contribution is 2.28. The van der Waals surface area contributed by atoms with Crippen LogP contribution in [0, 0.1) is 5.92 Å². The number of carbonyl (C=O) groups excluding carboxylic acids is 1. The molecule has 20 heavy (non-hydrogen) atoms. The molecule has 1 atom stereocenters. The van der Waals surface area contributed by atoms with Crippen molar-refractivity contribution in [1.82, 2.24) is 5.32 Å². The number of carbonyl (C=O) groups is 1. The number of alkyl carbamates (subject to hydrolysis) is 1. The van der Waals surface area contributed by atoms with Gasteiger partial charge in [0.25, 0.3) is 0 Å². The number of amides is 1. The molecule has 0 aromatic carbocycles. The van der Waals surface area contributed by atoms with Crippen molar-refractivity contribution >= 4 is 6.09 Å². The van der Waals surface area contributed by atoms with Crippen molar-refractivity contribution in [3.63, 3.8) is 0 Å². The van der Waals surface area contributed by atoms with E-state index in [1.54, 1.807) is 6.08 Å². The molecule has 0 radical (unpaired) electrons. The van der Waals surface area contributed by atoms with Gasteiger partial charge in [-0.1, -0.05) is 44.1 Å². The number of allylic oxidation sites excluding steroid dienone is 2. The fourth-order valence-electron chi connectivity index (χ4n) is 2.69. The molecule has 0 spiro atoms. The summed E-state index contributed by atoms with van der Waals surface area (Å²) >= 11 is 0. The minimum atomic E-state index is -0.446. The molecule has 0 heterocycles. The first-order valence-corrected chi connectivity index (χ1v) is 7.69. The normalized spacial score (nSPS) is 18.8. The quantitative estimate of drug-likeness (QED) is 0.747. The maximum atomic E-state index is 12.0. The highest BCUT2D eigenvalue weighted by Gasteiger charge is 2.26. The second kappa shape index (κ2) is 8.13. The van der Waals surface area contributed by atoms with Crippen molar-refractivity contribution < 1.29 is 9.53 Å². The van der Waals surface area contributed by atoms with Crippen molar-refractivity contribution in [3.05, 3.63) is 24.8 Å². The molecule has 0 bridgehead atoms. The number of hydrogen-bond acceptors (Lipinski definition) is 2. The van der Waals surface area contributed by atoms with Crippen LogP contribution in [0.1, 0.15) is 59.3 Å². The largest absolute Gasteiger partial charge is 0.444 e. The number of nitrogens with one attached hydrogen (secondary N) is 1. The molecular weight excluding hydrogens is 250 g/mol. The van der Waals surface area contributed by atoms with E-state index in [1.165, 1.54) is 32.1 Å². The van der Waals surface area contributed by atoms with Crippen LogP contribution in [0.3, 0.4) is 0 Å². The number of ether oxygens (including phenoxy) is 1. The summed E-state index contributed by atoms with van der Waals surface area (Å²) in [6, 6.07) is 0.168. The van der Waals surface area contributed by atoms with E-state index in [0.29, 0.717) is 5.92 Å². The van der Waals surface area contributed by atoms with Crippen LogP contribution in [0.2, 0.25) is 0 Å². The molecule has 1 aliphatic carbocycles. The summed E-state index contributed by atoms with van der Waals surface area (Å²) in [4.78, 5) is 12.0. The Morgan fingerprint density at radius 2 is 2.00 bits per heavy atom. The molecule has 0 aliphatic heterocycles. The summed E-state index contributed by atoms with van der Waals surface area (Å²) in [5, 5.41) is 3.06. The van der Waals surface area contributed by atoms with Crippen LogP contribution in [0.4, 0.5) is 4.79 Å². The first-order chi connectivity index (χ1) is 9.42. The van der Waals surface area contributed by atoms with Crippen molar-refractivity contribution in [1.29, 1.82) is 0 Å². The maximum absolute atomic E-state index is 12.0. The first kappa shape index (κ1) is 16.8. The lowest BCUT2D eigenvalue weighted by Crippen LogP contribution is -2.43. The van der Waals surface area contributed by atoms with Gasteiger partial charge in [-0.25, -0.2) is 4.79 Å². The molecule has 1 saturated carbocycles. The molecule has 114 valence electrons. The Balaban J connectivity index is 2.58. The topological polar surface area (TPSA) is 38.3 Å². The van der Waals surface area contributed by atoms with E-state index >= 15 is 0 Å². The van der Waals surface area contributed by atoms with Gasteiger partial charge in [-0.2, -0.15) is 0 Å². The fourth-order valence-corrected chi connectivity index (χ4v) is 2.69. The maximum Gasteiger partial charge on any atom is 0.407 e. The van der Waals surface area contributed by atoms with Gasteiger partial charge in [0.1, 0.15) is 5.60 Å². The molecule has 1 unspecified atom stereocenters. The van der Waals surface area contributed by atoms with Crippen molar-refractivity contribution in [2.75, 3.05) is 0 Å². The Hall–Kier alpha value is -1.25. The highest BCUT2D eigenvalue weighted by atomic mass is 16.6.